The van der Waals surface area contributed by atoms with Crippen LogP contribution in [0.15, 0.2) is 6.20 Å². The van der Waals surface area contributed by atoms with Crippen LogP contribution < -0.4 is 5.32 Å². The highest BCUT2D eigenvalue weighted by Gasteiger charge is 2.35. The Balaban J connectivity index is 1.69. The van der Waals surface area contributed by atoms with Gasteiger partial charge in [-0.1, -0.05) is 13.8 Å². The normalized spacial score (nSPS) is 20.4. The lowest BCUT2D eigenvalue weighted by molar-refractivity contribution is -0.133. The molecule has 0 spiro atoms. The first-order chi connectivity index (χ1) is 10.0. The van der Waals surface area contributed by atoms with Gasteiger partial charge in [0, 0.05) is 24.7 Å². The largest absolute Gasteiger partial charge is 0.447 e. The average Bonchev–Trinajstić information content (AvgIpc) is 3.02. The van der Waals surface area contributed by atoms with E-state index in [0.29, 0.717) is 19.0 Å². The minimum atomic E-state index is -0.588. The predicted octanol–water partition coefficient (Wildman–Crippen LogP) is 0.626. The van der Waals surface area contributed by atoms with E-state index >= 15 is 0 Å². The maximum atomic E-state index is 12.3. The van der Waals surface area contributed by atoms with Gasteiger partial charge in [-0.2, -0.15) is 0 Å². The van der Waals surface area contributed by atoms with Crippen molar-refractivity contribution in [1.29, 1.82) is 0 Å². The molecular formula is C14H18N4O3. The van der Waals surface area contributed by atoms with Crippen molar-refractivity contribution >= 4 is 12.0 Å². The van der Waals surface area contributed by atoms with E-state index < -0.39 is 12.1 Å². The summed E-state index contributed by atoms with van der Waals surface area (Å²) >= 11 is 0. The van der Waals surface area contributed by atoms with Gasteiger partial charge in [-0.3, -0.25) is 4.79 Å². The number of carbonyl (C=O) groups excluding carboxylic acids is 2. The molecule has 7 heteroatoms. The van der Waals surface area contributed by atoms with Crippen molar-refractivity contribution in [3.63, 3.8) is 0 Å². The van der Waals surface area contributed by atoms with Crippen LogP contribution in [0.2, 0.25) is 0 Å². The Morgan fingerprint density at radius 1 is 1.52 bits per heavy atom. The van der Waals surface area contributed by atoms with Crippen molar-refractivity contribution in [3.05, 3.63) is 23.3 Å². The predicted molar refractivity (Wildman–Crippen MR) is 73.1 cm³/mol. The molecule has 1 N–H and O–H groups in total. The lowest BCUT2D eigenvalue weighted by Gasteiger charge is -2.17. The second kappa shape index (κ2) is 5.31. The third kappa shape index (κ3) is 2.81. The summed E-state index contributed by atoms with van der Waals surface area (Å²) in [5, 5.41) is 2.51. The van der Waals surface area contributed by atoms with Crippen LogP contribution in [-0.2, 0) is 29.0 Å². The van der Waals surface area contributed by atoms with Crippen molar-refractivity contribution < 1.29 is 14.3 Å². The molecule has 3 rings (SSSR count). The molecule has 112 valence electrons. The van der Waals surface area contributed by atoms with E-state index in [4.69, 9.17) is 4.74 Å². The van der Waals surface area contributed by atoms with Gasteiger partial charge in [-0.25, -0.2) is 14.8 Å². The average molecular weight is 290 g/mol. The van der Waals surface area contributed by atoms with E-state index in [1.54, 1.807) is 11.1 Å². The summed E-state index contributed by atoms with van der Waals surface area (Å²) in [6.45, 7) is 5.29. The first kappa shape index (κ1) is 13.8. The quantitative estimate of drug-likeness (QED) is 0.882. The van der Waals surface area contributed by atoms with Crippen LogP contribution in [0.3, 0.4) is 0 Å². The zero-order valence-electron chi connectivity index (χ0n) is 12.1. The van der Waals surface area contributed by atoms with Gasteiger partial charge >= 0.3 is 6.09 Å². The van der Waals surface area contributed by atoms with Crippen molar-refractivity contribution in [2.24, 2.45) is 5.92 Å². The molecule has 0 saturated carbocycles. The molecule has 2 amide bonds. The third-order valence-electron chi connectivity index (χ3n) is 3.58. The van der Waals surface area contributed by atoms with Crippen LogP contribution in [-0.4, -0.2) is 39.5 Å². The number of ether oxygens (including phenoxy) is 1. The Morgan fingerprint density at radius 3 is 3.00 bits per heavy atom. The zero-order chi connectivity index (χ0) is 15.0. The maximum Gasteiger partial charge on any atom is 0.407 e. The number of rotatable bonds is 3. The molecule has 3 heterocycles. The highest BCUT2D eigenvalue weighted by Crippen LogP contribution is 2.22. The van der Waals surface area contributed by atoms with E-state index in [0.717, 1.165) is 23.5 Å². The van der Waals surface area contributed by atoms with Crippen LogP contribution in [0.5, 0.6) is 0 Å². The highest BCUT2D eigenvalue weighted by atomic mass is 16.6. The van der Waals surface area contributed by atoms with E-state index in [9.17, 15) is 9.59 Å². The summed E-state index contributed by atoms with van der Waals surface area (Å²) in [7, 11) is 0. The fraction of sp³-hybridized carbons (Fsp3) is 0.571. The highest BCUT2D eigenvalue weighted by molar-refractivity contribution is 5.88. The number of nitrogens with zero attached hydrogens (tertiary/aromatic N) is 3. The maximum absolute atomic E-state index is 12.3. The van der Waals surface area contributed by atoms with Crippen LogP contribution in [0.4, 0.5) is 4.79 Å². The zero-order valence-corrected chi connectivity index (χ0v) is 12.1. The summed E-state index contributed by atoms with van der Waals surface area (Å²) < 4.78 is 4.76. The molecule has 7 nitrogen and oxygen atoms in total. The Labute approximate surface area is 122 Å². The second-order valence-corrected chi connectivity index (χ2v) is 5.85. The summed E-state index contributed by atoms with van der Waals surface area (Å²) in [4.78, 5) is 33.9. The molecule has 0 unspecified atom stereocenters. The molecule has 1 aromatic heterocycles. The van der Waals surface area contributed by atoms with Crippen molar-refractivity contribution in [3.8, 4) is 0 Å². The molecule has 0 aromatic carbocycles. The SMILES string of the molecule is CC(C)Cc1ncc2c(n1)CN(C(=O)[C@@H]1COC(=O)N1)C2. The number of nitrogens with one attached hydrogen (secondary N) is 1. The number of alkyl carbamates (subject to hydrolysis) is 1. The number of amides is 2. The van der Waals surface area contributed by atoms with Gasteiger partial charge in [-0.05, 0) is 5.92 Å². The monoisotopic (exact) mass is 290 g/mol. The Hall–Kier alpha value is -2.18. The van der Waals surface area contributed by atoms with Gasteiger partial charge in [0.05, 0.1) is 12.2 Å². The second-order valence-electron chi connectivity index (χ2n) is 5.85. The lowest BCUT2D eigenvalue weighted by atomic mass is 10.1. The fourth-order valence-corrected chi connectivity index (χ4v) is 2.55. The minimum Gasteiger partial charge on any atom is -0.447 e. The van der Waals surface area contributed by atoms with E-state index in [1.807, 2.05) is 0 Å². The molecule has 0 bridgehead atoms. The van der Waals surface area contributed by atoms with Crippen LogP contribution in [0.1, 0.15) is 30.9 Å². The first-order valence-electron chi connectivity index (χ1n) is 7.08. The molecular weight excluding hydrogens is 272 g/mol. The Kier molecular flexibility index (Phi) is 3.48. The summed E-state index contributed by atoms with van der Waals surface area (Å²) in [6.07, 6.45) is 2.09. The van der Waals surface area contributed by atoms with Gasteiger partial charge in [-0.15, -0.1) is 0 Å². The first-order valence-corrected chi connectivity index (χ1v) is 7.08. The Bertz CT molecular complexity index is 588. The van der Waals surface area contributed by atoms with E-state index in [2.05, 4.69) is 29.1 Å². The van der Waals surface area contributed by atoms with Crippen molar-refractivity contribution in [2.75, 3.05) is 6.61 Å². The molecule has 2 aliphatic rings. The van der Waals surface area contributed by atoms with Crippen LogP contribution in [0, 0.1) is 5.92 Å². The van der Waals surface area contributed by atoms with E-state index in [-0.39, 0.29) is 12.5 Å². The third-order valence-corrected chi connectivity index (χ3v) is 3.58. The molecule has 1 fully saturated rings. The number of hydrogen-bond donors (Lipinski definition) is 1. The van der Waals surface area contributed by atoms with Crippen molar-refractivity contribution in [2.45, 2.75) is 39.4 Å². The lowest BCUT2D eigenvalue weighted by Crippen LogP contribution is -2.43. The minimum absolute atomic E-state index is 0.0921. The summed E-state index contributed by atoms with van der Waals surface area (Å²) in [6, 6.07) is -0.588. The molecule has 2 aliphatic heterocycles. The van der Waals surface area contributed by atoms with Gasteiger partial charge < -0.3 is 15.0 Å². The Morgan fingerprint density at radius 2 is 2.33 bits per heavy atom. The van der Waals surface area contributed by atoms with Crippen LogP contribution in [0.25, 0.3) is 0 Å². The van der Waals surface area contributed by atoms with Gasteiger partial charge in [0.25, 0.3) is 0 Å². The standard InChI is InChI=1S/C14H18N4O3/c1-8(2)3-12-15-4-9-5-18(6-10(9)16-12)13(19)11-7-21-14(20)17-11/h4,8,11H,3,5-7H2,1-2H3,(H,17,20)/t11-/m0/s1. The summed E-state index contributed by atoms with van der Waals surface area (Å²) in [5.74, 6) is 1.17. The van der Waals surface area contributed by atoms with Gasteiger partial charge in [0.15, 0.2) is 0 Å². The van der Waals surface area contributed by atoms with Gasteiger partial charge in [0.2, 0.25) is 5.91 Å². The van der Waals surface area contributed by atoms with Crippen LogP contribution >= 0.6 is 0 Å². The van der Waals surface area contributed by atoms with Crippen molar-refractivity contribution in [1.82, 2.24) is 20.2 Å². The van der Waals surface area contributed by atoms with E-state index in [1.165, 1.54) is 0 Å². The number of aromatic nitrogens is 2. The number of fused-ring (bicyclic) bond motifs is 1. The number of cyclic esters (lactones) is 1. The summed E-state index contributed by atoms with van der Waals surface area (Å²) in [5.41, 5.74) is 1.88. The molecule has 21 heavy (non-hydrogen) atoms. The fourth-order valence-electron chi connectivity index (χ4n) is 2.55. The molecule has 1 saturated heterocycles. The number of carbonyl (C=O) groups is 2. The number of hydrogen-bond acceptors (Lipinski definition) is 5. The topological polar surface area (TPSA) is 84.4 Å². The molecule has 0 radical (unpaired) electrons. The van der Waals surface area contributed by atoms with Gasteiger partial charge in [0.1, 0.15) is 18.5 Å². The molecule has 1 atom stereocenters. The molecule has 1 aromatic rings. The molecule has 0 aliphatic carbocycles. The smallest absolute Gasteiger partial charge is 0.407 e.